The molecule has 5 rings (SSSR count). The summed E-state index contributed by atoms with van der Waals surface area (Å²) >= 11 is 0. The highest BCUT2D eigenvalue weighted by atomic mass is 16.3. The molecule has 2 nitrogen and oxygen atoms in total. The second-order valence-corrected chi connectivity index (χ2v) is 10.4. The van der Waals surface area contributed by atoms with Gasteiger partial charge in [-0.25, -0.2) is 0 Å². The van der Waals surface area contributed by atoms with Gasteiger partial charge in [-0.2, -0.15) is 0 Å². The first kappa shape index (κ1) is 19.9. The number of hydrogen-bond acceptors (Lipinski definition) is 1. The van der Waals surface area contributed by atoms with Gasteiger partial charge >= 0.3 is 0 Å². The second kappa shape index (κ2) is 6.99. The SMILES string of the molecule is CC(C)=CCCC12c3cc4c(cc3CCC1(C)C(C)CCC2O)[nH]c1ccccc14. The molecule has 4 unspecified atom stereocenters. The maximum atomic E-state index is 11.7. The Morgan fingerprint density at radius 3 is 2.73 bits per heavy atom. The lowest BCUT2D eigenvalue weighted by atomic mass is 9.44. The first-order chi connectivity index (χ1) is 14.4. The van der Waals surface area contributed by atoms with E-state index in [9.17, 15) is 5.11 Å². The zero-order valence-corrected chi connectivity index (χ0v) is 18.9. The van der Waals surface area contributed by atoms with E-state index in [1.807, 2.05) is 0 Å². The maximum Gasteiger partial charge on any atom is 0.0642 e. The van der Waals surface area contributed by atoms with Gasteiger partial charge in [0.05, 0.1) is 6.10 Å². The predicted octanol–water partition coefficient (Wildman–Crippen LogP) is 7.05. The Morgan fingerprint density at radius 2 is 1.93 bits per heavy atom. The van der Waals surface area contributed by atoms with Crippen LogP contribution in [0.3, 0.4) is 0 Å². The number of aromatic amines is 1. The molecule has 158 valence electrons. The molecule has 0 saturated heterocycles. The third kappa shape index (κ3) is 2.66. The molecule has 1 heterocycles. The number of H-pyrrole nitrogens is 1. The highest BCUT2D eigenvalue weighted by Gasteiger charge is 2.59. The fourth-order valence-electron chi connectivity index (χ4n) is 6.88. The molecular formula is C28H35NO. The summed E-state index contributed by atoms with van der Waals surface area (Å²) < 4.78 is 0. The Labute approximate surface area is 180 Å². The van der Waals surface area contributed by atoms with E-state index in [1.54, 1.807) is 0 Å². The number of benzene rings is 2. The molecule has 1 aromatic heterocycles. The first-order valence-electron chi connectivity index (χ1n) is 11.7. The lowest BCUT2D eigenvalue weighted by molar-refractivity contribution is -0.0950. The molecule has 0 radical (unpaired) electrons. The summed E-state index contributed by atoms with van der Waals surface area (Å²) in [6.45, 7) is 9.27. The Hall–Kier alpha value is -2.06. The monoisotopic (exact) mass is 401 g/mol. The number of rotatable bonds is 3. The van der Waals surface area contributed by atoms with Gasteiger partial charge in [-0.15, -0.1) is 0 Å². The van der Waals surface area contributed by atoms with Gasteiger partial charge in [0.15, 0.2) is 0 Å². The number of allylic oxidation sites excluding steroid dienone is 2. The predicted molar refractivity (Wildman–Crippen MR) is 127 cm³/mol. The average molecular weight is 402 g/mol. The molecule has 2 aliphatic carbocycles. The summed E-state index contributed by atoms with van der Waals surface area (Å²) in [4.78, 5) is 3.63. The van der Waals surface area contributed by atoms with E-state index in [-0.39, 0.29) is 16.9 Å². The van der Waals surface area contributed by atoms with Crippen LogP contribution in [0.5, 0.6) is 0 Å². The number of nitrogens with one attached hydrogen (secondary N) is 1. The van der Waals surface area contributed by atoms with E-state index in [2.05, 4.69) is 75.2 Å². The van der Waals surface area contributed by atoms with Crippen molar-refractivity contribution < 1.29 is 5.11 Å². The number of aliphatic hydroxyl groups excluding tert-OH is 1. The standard InChI is InChI=1S/C28H35NO/c1-18(2)8-7-14-28-23-17-22-21-9-5-6-10-24(21)29-25(22)16-20(23)13-15-27(28,4)19(3)11-12-26(28)30/h5-6,8-10,16-17,19,26,29-30H,7,11-15H2,1-4H3. The van der Waals surface area contributed by atoms with Gasteiger partial charge in [0, 0.05) is 27.2 Å². The van der Waals surface area contributed by atoms with Gasteiger partial charge in [-0.3, -0.25) is 0 Å². The molecule has 0 bridgehead atoms. The second-order valence-electron chi connectivity index (χ2n) is 10.4. The van der Waals surface area contributed by atoms with Crippen LogP contribution in [0.4, 0.5) is 0 Å². The molecule has 4 atom stereocenters. The summed E-state index contributed by atoms with van der Waals surface area (Å²) in [5, 5.41) is 14.3. The van der Waals surface area contributed by atoms with Crippen LogP contribution >= 0.6 is 0 Å². The molecule has 0 amide bonds. The molecule has 0 spiro atoms. The number of para-hydroxylation sites is 1. The van der Waals surface area contributed by atoms with Gasteiger partial charge in [0.2, 0.25) is 0 Å². The van der Waals surface area contributed by atoms with E-state index in [0.717, 1.165) is 32.1 Å². The van der Waals surface area contributed by atoms with E-state index in [0.29, 0.717) is 5.92 Å². The van der Waals surface area contributed by atoms with E-state index in [4.69, 9.17) is 0 Å². The van der Waals surface area contributed by atoms with Gasteiger partial charge in [-0.05, 0) is 93.0 Å². The lowest BCUT2D eigenvalue weighted by Gasteiger charge is -2.61. The third-order valence-electron chi connectivity index (χ3n) is 8.76. The topological polar surface area (TPSA) is 36.0 Å². The summed E-state index contributed by atoms with van der Waals surface area (Å²) in [5.41, 5.74) is 6.63. The van der Waals surface area contributed by atoms with Crippen LogP contribution in [0.1, 0.15) is 70.9 Å². The van der Waals surface area contributed by atoms with Crippen molar-refractivity contribution in [2.24, 2.45) is 11.3 Å². The van der Waals surface area contributed by atoms with E-state index < -0.39 is 0 Å². The fourth-order valence-corrected chi connectivity index (χ4v) is 6.88. The van der Waals surface area contributed by atoms with Crippen LogP contribution in [0.2, 0.25) is 0 Å². The normalized spacial score (nSPS) is 30.8. The lowest BCUT2D eigenvalue weighted by Crippen LogP contribution is -2.60. The Morgan fingerprint density at radius 1 is 1.13 bits per heavy atom. The molecule has 3 aromatic rings. The van der Waals surface area contributed by atoms with Crippen molar-refractivity contribution >= 4 is 21.8 Å². The Kier molecular flexibility index (Phi) is 4.63. The first-order valence-corrected chi connectivity index (χ1v) is 11.7. The van der Waals surface area contributed by atoms with Crippen molar-refractivity contribution in [2.45, 2.75) is 77.7 Å². The molecule has 2 aromatic carbocycles. The number of fused-ring (bicyclic) bond motifs is 6. The van der Waals surface area contributed by atoms with Gasteiger partial charge in [-0.1, -0.05) is 43.7 Å². The minimum atomic E-state index is -0.272. The molecule has 2 aliphatic rings. The largest absolute Gasteiger partial charge is 0.392 e. The molecular weight excluding hydrogens is 366 g/mol. The zero-order valence-electron chi connectivity index (χ0n) is 18.9. The van der Waals surface area contributed by atoms with Crippen molar-refractivity contribution in [1.82, 2.24) is 4.98 Å². The van der Waals surface area contributed by atoms with Crippen LogP contribution < -0.4 is 0 Å². The van der Waals surface area contributed by atoms with Crippen LogP contribution in [-0.2, 0) is 11.8 Å². The highest BCUT2D eigenvalue weighted by Crippen LogP contribution is 2.62. The number of aryl methyl sites for hydroxylation is 1. The molecule has 1 saturated carbocycles. The highest BCUT2D eigenvalue weighted by molar-refractivity contribution is 6.07. The van der Waals surface area contributed by atoms with Crippen molar-refractivity contribution in [1.29, 1.82) is 0 Å². The van der Waals surface area contributed by atoms with Crippen molar-refractivity contribution in [2.75, 3.05) is 0 Å². The molecule has 0 aliphatic heterocycles. The van der Waals surface area contributed by atoms with E-state index >= 15 is 0 Å². The van der Waals surface area contributed by atoms with Crippen molar-refractivity contribution in [3.8, 4) is 0 Å². The molecule has 1 fully saturated rings. The Balaban J connectivity index is 1.77. The van der Waals surface area contributed by atoms with Crippen molar-refractivity contribution in [3.63, 3.8) is 0 Å². The van der Waals surface area contributed by atoms with Crippen LogP contribution in [0.15, 0.2) is 48.0 Å². The van der Waals surface area contributed by atoms with Gasteiger partial charge in [0.25, 0.3) is 0 Å². The molecule has 2 heteroatoms. The van der Waals surface area contributed by atoms with Crippen molar-refractivity contribution in [3.05, 3.63) is 59.2 Å². The fraction of sp³-hybridized carbons (Fsp3) is 0.500. The smallest absolute Gasteiger partial charge is 0.0642 e. The average Bonchev–Trinajstić information content (AvgIpc) is 3.08. The number of aromatic nitrogens is 1. The summed E-state index contributed by atoms with van der Waals surface area (Å²) in [5.74, 6) is 0.624. The summed E-state index contributed by atoms with van der Waals surface area (Å²) in [7, 11) is 0. The maximum absolute atomic E-state index is 11.7. The summed E-state index contributed by atoms with van der Waals surface area (Å²) in [6, 6.07) is 13.5. The molecule has 30 heavy (non-hydrogen) atoms. The zero-order chi connectivity index (χ0) is 21.1. The minimum absolute atomic E-state index is 0.132. The van der Waals surface area contributed by atoms with E-state index in [1.165, 1.54) is 44.9 Å². The number of aliphatic hydroxyl groups is 1. The molecule has 2 N–H and O–H groups in total. The van der Waals surface area contributed by atoms with Crippen LogP contribution in [0, 0.1) is 11.3 Å². The minimum Gasteiger partial charge on any atom is -0.392 e. The van der Waals surface area contributed by atoms with Gasteiger partial charge in [0.1, 0.15) is 0 Å². The van der Waals surface area contributed by atoms with Crippen LogP contribution in [-0.4, -0.2) is 16.2 Å². The van der Waals surface area contributed by atoms with Crippen LogP contribution in [0.25, 0.3) is 21.8 Å². The number of hydrogen-bond donors (Lipinski definition) is 2. The quantitative estimate of drug-likeness (QED) is 0.453. The van der Waals surface area contributed by atoms with Gasteiger partial charge < -0.3 is 10.1 Å². The third-order valence-corrected chi connectivity index (χ3v) is 8.76. The summed E-state index contributed by atoms with van der Waals surface area (Å²) in [6.07, 6.45) is 8.47. The Bertz CT molecular complexity index is 1130.